The topological polar surface area (TPSA) is 29.1 Å². The molecule has 2 nitrogen and oxygen atoms in total. The molecule has 3 heteroatoms. The van der Waals surface area contributed by atoms with Crippen LogP contribution in [-0.2, 0) is 0 Å². The minimum Gasteiger partial charge on any atom is -0.384 e. The molecule has 0 aromatic heterocycles. The molecule has 1 aliphatic rings. The highest BCUT2D eigenvalue weighted by molar-refractivity contribution is 8.00. The van der Waals surface area contributed by atoms with Gasteiger partial charge < -0.3 is 5.32 Å². The van der Waals surface area contributed by atoms with Crippen LogP contribution < -0.4 is 5.32 Å². The number of carbonyl (C=O) groups is 1. The lowest BCUT2D eigenvalue weighted by atomic mass is 10.1. The van der Waals surface area contributed by atoms with Crippen LogP contribution in [0, 0.1) is 0 Å². The maximum absolute atomic E-state index is 11.1. The average Bonchev–Trinajstić information content (AvgIpc) is 3.08. The van der Waals surface area contributed by atoms with Gasteiger partial charge in [0.1, 0.15) is 0 Å². The van der Waals surface area contributed by atoms with Crippen molar-refractivity contribution in [3.8, 4) is 0 Å². The Hall–Kier alpha value is -0.960. The standard InChI is InChI=1S/C13H17NOS/c1-10(15)11-3-5-12(6-4-11)14-9-13(16-2)7-8-13/h3-6,14H,7-9H2,1-2H3. The third-order valence-corrected chi connectivity index (χ3v) is 4.57. The number of hydrogen-bond acceptors (Lipinski definition) is 3. The van der Waals surface area contributed by atoms with Gasteiger partial charge in [0, 0.05) is 22.5 Å². The van der Waals surface area contributed by atoms with Crippen molar-refractivity contribution in [1.82, 2.24) is 0 Å². The summed E-state index contributed by atoms with van der Waals surface area (Å²) < 4.78 is 0.471. The summed E-state index contributed by atoms with van der Waals surface area (Å²) in [6.45, 7) is 2.61. The van der Waals surface area contributed by atoms with Gasteiger partial charge in [-0.2, -0.15) is 11.8 Å². The van der Waals surface area contributed by atoms with Crippen molar-refractivity contribution in [2.45, 2.75) is 24.5 Å². The van der Waals surface area contributed by atoms with E-state index in [1.807, 2.05) is 36.0 Å². The molecule has 0 radical (unpaired) electrons. The van der Waals surface area contributed by atoms with E-state index in [2.05, 4.69) is 11.6 Å². The molecule has 0 unspecified atom stereocenters. The number of ketones is 1. The number of rotatable bonds is 5. The van der Waals surface area contributed by atoms with Gasteiger partial charge in [-0.15, -0.1) is 0 Å². The molecular formula is C13H17NOS. The van der Waals surface area contributed by atoms with Crippen LogP contribution in [0.1, 0.15) is 30.1 Å². The van der Waals surface area contributed by atoms with Crippen LogP contribution in [0.15, 0.2) is 24.3 Å². The van der Waals surface area contributed by atoms with E-state index in [0.29, 0.717) is 4.75 Å². The molecule has 2 rings (SSSR count). The molecule has 1 fully saturated rings. The molecular weight excluding hydrogens is 218 g/mol. The maximum atomic E-state index is 11.1. The summed E-state index contributed by atoms with van der Waals surface area (Å²) in [6.07, 6.45) is 4.80. The maximum Gasteiger partial charge on any atom is 0.159 e. The van der Waals surface area contributed by atoms with Gasteiger partial charge in [0.05, 0.1) is 0 Å². The van der Waals surface area contributed by atoms with Gasteiger partial charge >= 0.3 is 0 Å². The lowest BCUT2D eigenvalue weighted by Gasteiger charge is -2.14. The third kappa shape index (κ3) is 2.59. The second-order valence-electron chi connectivity index (χ2n) is 4.37. The Balaban J connectivity index is 1.93. The van der Waals surface area contributed by atoms with Crippen molar-refractivity contribution < 1.29 is 4.79 Å². The molecule has 1 aliphatic carbocycles. The van der Waals surface area contributed by atoms with Crippen molar-refractivity contribution in [3.63, 3.8) is 0 Å². The highest BCUT2D eigenvalue weighted by Gasteiger charge is 2.41. The minimum atomic E-state index is 0.120. The average molecular weight is 235 g/mol. The fraction of sp³-hybridized carbons (Fsp3) is 0.462. The molecule has 1 saturated carbocycles. The zero-order valence-corrected chi connectivity index (χ0v) is 10.6. The van der Waals surface area contributed by atoms with Crippen molar-refractivity contribution in [1.29, 1.82) is 0 Å². The Morgan fingerprint density at radius 3 is 2.44 bits per heavy atom. The monoisotopic (exact) mass is 235 g/mol. The van der Waals surface area contributed by atoms with E-state index in [0.717, 1.165) is 17.8 Å². The summed E-state index contributed by atoms with van der Waals surface area (Å²) in [7, 11) is 0. The molecule has 0 saturated heterocycles. The molecule has 1 aromatic rings. The molecule has 0 aliphatic heterocycles. The molecule has 0 heterocycles. The molecule has 16 heavy (non-hydrogen) atoms. The number of Topliss-reactive ketones (excluding diaryl/α,β-unsaturated/α-hetero) is 1. The summed E-state index contributed by atoms with van der Waals surface area (Å²) in [5, 5.41) is 3.43. The zero-order valence-electron chi connectivity index (χ0n) is 9.75. The number of hydrogen-bond donors (Lipinski definition) is 1. The Kier molecular flexibility index (Phi) is 3.24. The Morgan fingerprint density at radius 1 is 1.38 bits per heavy atom. The third-order valence-electron chi connectivity index (χ3n) is 3.15. The van der Waals surface area contributed by atoms with E-state index in [9.17, 15) is 4.79 Å². The van der Waals surface area contributed by atoms with Crippen LogP contribution in [0.5, 0.6) is 0 Å². The minimum absolute atomic E-state index is 0.120. The van der Waals surface area contributed by atoms with Gasteiger partial charge in [-0.25, -0.2) is 0 Å². The second kappa shape index (κ2) is 4.50. The van der Waals surface area contributed by atoms with Crippen LogP contribution in [0.3, 0.4) is 0 Å². The Labute approximate surface area is 101 Å². The number of thioether (sulfide) groups is 1. The Bertz CT molecular complexity index is 381. The predicted molar refractivity (Wildman–Crippen MR) is 70.4 cm³/mol. The quantitative estimate of drug-likeness (QED) is 0.795. The van der Waals surface area contributed by atoms with E-state index in [-0.39, 0.29) is 5.78 Å². The van der Waals surface area contributed by atoms with E-state index < -0.39 is 0 Å². The largest absolute Gasteiger partial charge is 0.384 e. The van der Waals surface area contributed by atoms with Gasteiger partial charge in [-0.1, -0.05) is 0 Å². The summed E-state index contributed by atoms with van der Waals surface area (Å²) in [6, 6.07) is 7.72. The number of nitrogens with one attached hydrogen (secondary N) is 1. The number of carbonyl (C=O) groups excluding carboxylic acids is 1. The normalized spacial score (nSPS) is 16.9. The first-order valence-electron chi connectivity index (χ1n) is 5.55. The lowest BCUT2D eigenvalue weighted by Crippen LogP contribution is -2.17. The molecule has 0 atom stereocenters. The SMILES string of the molecule is CSC1(CNc2ccc(C(C)=O)cc2)CC1. The van der Waals surface area contributed by atoms with Crippen LogP contribution in [0.25, 0.3) is 0 Å². The van der Waals surface area contributed by atoms with Crippen molar-refractivity contribution in [2.24, 2.45) is 0 Å². The second-order valence-corrected chi connectivity index (χ2v) is 5.65. The zero-order chi connectivity index (χ0) is 11.6. The van der Waals surface area contributed by atoms with E-state index in [4.69, 9.17) is 0 Å². The van der Waals surface area contributed by atoms with Crippen molar-refractivity contribution >= 4 is 23.2 Å². The highest BCUT2D eigenvalue weighted by Crippen LogP contribution is 2.46. The molecule has 0 bridgehead atoms. The Morgan fingerprint density at radius 2 is 2.00 bits per heavy atom. The van der Waals surface area contributed by atoms with Crippen LogP contribution in [0.2, 0.25) is 0 Å². The summed E-state index contributed by atoms with van der Waals surface area (Å²) in [5.41, 5.74) is 1.88. The van der Waals surface area contributed by atoms with E-state index >= 15 is 0 Å². The van der Waals surface area contributed by atoms with Crippen LogP contribution in [0.4, 0.5) is 5.69 Å². The van der Waals surface area contributed by atoms with Gasteiger partial charge in [0.15, 0.2) is 5.78 Å². The van der Waals surface area contributed by atoms with Gasteiger partial charge in [0.2, 0.25) is 0 Å². The van der Waals surface area contributed by atoms with E-state index in [1.54, 1.807) is 6.92 Å². The van der Waals surface area contributed by atoms with E-state index in [1.165, 1.54) is 12.8 Å². The molecule has 0 spiro atoms. The summed E-state index contributed by atoms with van der Waals surface area (Å²) >= 11 is 1.95. The highest BCUT2D eigenvalue weighted by atomic mass is 32.2. The lowest BCUT2D eigenvalue weighted by molar-refractivity contribution is 0.101. The fourth-order valence-electron chi connectivity index (χ4n) is 1.68. The van der Waals surface area contributed by atoms with Crippen molar-refractivity contribution in [2.75, 3.05) is 18.1 Å². The van der Waals surface area contributed by atoms with Crippen LogP contribution in [-0.4, -0.2) is 23.3 Å². The van der Waals surface area contributed by atoms with Gasteiger partial charge in [0.25, 0.3) is 0 Å². The summed E-state index contributed by atoms with van der Waals surface area (Å²) in [4.78, 5) is 11.1. The van der Waals surface area contributed by atoms with Gasteiger partial charge in [-0.05, 0) is 50.3 Å². The first-order valence-corrected chi connectivity index (χ1v) is 6.78. The number of anilines is 1. The molecule has 1 N–H and O–H groups in total. The number of benzene rings is 1. The smallest absolute Gasteiger partial charge is 0.159 e. The summed E-state index contributed by atoms with van der Waals surface area (Å²) in [5.74, 6) is 0.120. The van der Waals surface area contributed by atoms with Crippen molar-refractivity contribution in [3.05, 3.63) is 29.8 Å². The molecule has 0 amide bonds. The predicted octanol–water partition coefficient (Wildman–Crippen LogP) is 3.20. The molecule has 1 aromatic carbocycles. The van der Waals surface area contributed by atoms with Gasteiger partial charge in [-0.3, -0.25) is 4.79 Å². The van der Waals surface area contributed by atoms with Crippen LogP contribution >= 0.6 is 11.8 Å². The first kappa shape index (κ1) is 11.5. The first-order chi connectivity index (χ1) is 7.65. The fourth-order valence-corrected chi connectivity index (χ4v) is 2.41. The molecule has 86 valence electrons.